The number of carbonyl (C=O) groups is 2. The molecule has 0 bridgehead atoms. The summed E-state index contributed by atoms with van der Waals surface area (Å²) in [5.74, 6) is -0.174. The predicted molar refractivity (Wildman–Crippen MR) is 120 cm³/mol. The summed E-state index contributed by atoms with van der Waals surface area (Å²) < 4.78 is 32.0. The van der Waals surface area contributed by atoms with Crippen LogP contribution >= 0.6 is 0 Å². The Hall–Kier alpha value is -2.91. The quantitative estimate of drug-likeness (QED) is 0.688. The van der Waals surface area contributed by atoms with Crippen molar-refractivity contribution in [1.29, 1.82) is 0 Å². The van der Waals surface area contributed by atoms with E-state index in [9.17, 15) is 18.0 Å². The van der Waals surface area contributed by atoms with E-state index in [1.165, 1.54) is 16.0 Å². The van der Waals surface area contributed by atoms with E-state index in [2.05, 4.69) is 0 Å². The zero-order valence-electron chi connectivity index (χ0n) is 17.8. The molecule has 1 unspecified atom stereocenters. The Morgan fingerprint density at radius 2 is 1.69 bits per heavy atom. The Kier molecular flexibility index (Phi) is 6.76. The van der Waals surface area contributed by atoms with E-state index in [0.717, 1.165) is 18.4 Å². The molecule has 3 heterocycles. The Morgan fingerprint density at radius 1 is 0.938 bits per heavy atom. The van der Waals surface area contributed by atoms with E-state index in [4.69, 9.17) is 4.42 Å². The maximum absolute atomic E-state index is 13.2. The average molecular weight is 458 g/mol. The fourth-order valence-corrected chi connectivity index (χ4v) is 5.34. The normalized spacial score (nSPS) is 20.6. The van der Waals surface area contributed by atoms with Crippen LogP contribution in [0.15, 0.2) is 58.6 Å². The topological polar surface area (TPSA) is 91.1 Å². The van der Waals surface area contributed by atoms with Crippen molar-refractivity contribution in [2.75, 3.05) is 32.7 Å². The standard InChI is InChI=1S/C23H27N3O5S/c27-22(20-9-4-5-12-26(20)23(28)21-10-6-17-31-21)24-13-15-25(16-14-24)32(29,30)18-11-19-7-2-1-3-8-19/h1-3,6-8,10-11,17-18,20H,4-5,9,12-16H2/b18-11+. The molecule has 1 atom stereocenters. The molecule has 2 saturated heterocycles. The SMILES string of the molecule is O=C(C1CCCCN1C(=O)c1ccco1)N1CCN(S(=O)(=O)/C=C/c2ccccc2)CC1. The van der Waals surface area contributed by atoms with Crippen LogP contribution in [-0.2, 0) is 14.8 Å². The smallest absolute Gasteiger partial charge is 0.290 e. The first kappa shape index (κ1) is 22.3. The highest BCUT2D eigenvalue weighted by Crippen LogP contribution is 2.23. The van der Waals surface area contributed by atoms with Crippen molar-refractivity contribution in [3.8, 4) is 0 Å². The first-order chi connectivity index (χ1) is 15.5. The van der Waals surface area contributed by atoms with Gasteiger partial charge < -0.3 is 14.2 Å². The third-order valence-electron chi connectivity index (χ3n) is 5.92. The lowest BCUT2D eigenvalue weighted by Crippen LogP contribution is -2.57. The van der Waals surface area contributed by atoms with E-state index < -0.39 is 16.1 Å². The van der Waals surface area contributed by atoms with Gasteiger partial charge >= 0.3 is 0 Å². The summed E-state index contributed by atoms with van der Waals surface area (Å²) in [7, 11) is -3.57. The van der Waals surface area contributed by atoms with Crippen LogP contribution in [0.5, 0.6) is 0 Å². The van der Waals surface area contributed by atoms with Crippen molar-refractivity contribution in [3.63, 3.8) is 0 Å². The molecule has 4 rings (SSSR count). The number of furan rings is 1. The number of amides is 2. The largest absolute Gasteiger partial charge is 0.459 e. The second-order valence-electron chi connectivity index (χ2n) is 7.97. The average Bonchev–Trinajstić information content (AvgIpc) is 3.38. The maximum Gasteiger partial charge on any atom is 0.290 e. The van der Waals surface area contributed by atoms with Gasteiger partial charge in [-0.2, -0.15) is 4.31 Å². The summed E-state index contributed by atoms with van der Waals surface area (Å²) in [4.78, 5) is 29.3. The molecule has 2 fully saturated rings. The van der Waals surface area contributed by atoms with Crippen molar-refractivity contribution in [2.24, 2.45) is 0 Å². The van der Waals surface area contributed by atoms with Crippen molar-refractivity contribution in [3.05, 3.63) is 65.5 Å². The highest BCUT2D eigenvalue weighted by Gasteiger charge is 2.37. The van der Waals surface area contributed by atoms with Gasteiger partial charge in [-0.25, -0.2) is 8.42 Å². The Bertz CT molecular complexity index is 1060. The fraction of sp³-hybridized carbons (Fsp3) is 0.391. The Balaban J connectivity index is 1.38. The van der Waals surface area contributed by atoms with Gasteiger partial charge in [-0.3, -0.25) is 9.59 Å². The molecule has 170 valence electrons. The highest BCUT2D eigenvalue weighted by molar-refractivity contribution is 7.92. The molecular weight excluding hydrogens is 430 g/mol. The van der Waals surface area contributed by atoms with Crippen LogP contribution in [0, 0.1) is 0 Å². The van der Waals surface area contributed by atoms with Gasteiger partial charge in [0.2, 0.25) is 15.9 Å². The minimum atomic E-state index is -3.57. The van der Waals surface area contributed by atoms with Gasteiger partial charge in [0.05, 0.1) is 6.26 Å². The molecule has 2 aromatic rings. The van der Waals surface area contributed by atoms with Gasteiger partial charge in [-0.15, -0.1) is 0 Å². The molecule has 2 amide bonds. The van der Waals surface area contributed by atoms with Crippen LogP contribution in [-0.4, -0.2) is 73.1 Å². The van der Waals surface area contributed by atoms with Crippen molar-refractivity contribution in [2.45, 2.75) is 25.3 Å². The summed E-state index contributed by atoms with van der Waals surface area (Å²) in [5.41, 5.74) is 0.809. The molecule has 0 radical (unpaired) electrons. The molecule has 0 aliphatic carbocycles. The predicted octanol–water partition coefficient (Wildman–Crippen LogP) is 2.42. The van der Waals surface area contributed by atoms with Gasteiger partial charge in [-0.1, -0.05) is 30.3 Å². The lowest BCUT2D eigenvalue weighted by molar-refractivity contribution is -0.138. The monoisotopic (exact) mass is 457 g/mol. The molecular formula is C23H27N3O5S. The third kappa shape index (κ3) is 4.94. The Labute approximate surface area is 188 Å². The number of likely N-dealkylation sites (tertiary alicyclic amines) is 1. The Morgan fingerprint density at radius 3 is 2.38 bits per heavy atom. The van der Waals surface area contributed by atoms with Crippen molar-refractivity contribution in [1.82, 2.24) is 14.1 Å². The van der Waals surface area contributed by atoms with E-state index in [0.29, 0.717) is 26.1 Å². The van der Waals surface area contributed by atoms with Crippen LogP contribution in [0.25, 0.3) is 6.08 Å². The van der Waals surface area contributed by atoms with Crippen molar-refractivity contribution < 1.29 is 22.4 Å². The molecule has 2 aliphatic heterocycles. The number of nitrogens with zero attached hydrogens (tertiary/aromatic N) is 3. The molecule has 8 nitrogen and oxygen atoms in total. The maximum atomic E-state index is 13.2. The van der Waals surface area contributed by atoms with Crippen molar-refractivity contribution >= 4 is 27.9 Å². The van der Waals surface area contributed by atoms with Gasteiger partial charge in [0, 0.05) is 38.1 Å². The lowest BCUT2D eigenvalue weighted by atomic mass is 10.00. The number of piperazine rings is 1. The summed E-state index contributed by atoms with van der Waals surface area (Å²) in [5, 5.41) is 1.21. The van der Waals surface area contributed by atoms with E-state index in [1.807, 2.05) is 30.3 Å². The molecule has 1 aromatic heterocycles. The number of sulfonamides is 1. The number of rotatable bonds is 5. The van der Waals surface area contributed by atoms with Crippen LogP contribution in [0.2, 0.25) is 0 Å². The third-order valence-corrected chi connectivity index (χ3v) is 7.49. The van der Waals surface area contributed by atoms with E-state index >= 15 is 0 Å². The summed E-state index contributed by atoms with van der Waals surface area (Å²) in [6.07, 6.45) is 5.34. The fourth-order valence-electron chi connectivity index (χ4n) is 4.16. The van der Waals surface area contributed by atoms with Crippen LogP contribution in [0.4, 0.5) is 0 Å². The molecule has 2 aliphatic rings. The summed E-state index contributed by atoms with van der Waals surface area (Å²) >= 11 is 0. The molecule has 9 heteroatoms. The van der Waals surface area contributed by atoms with Crippen LogP contribution in [0.1, 0.15) is 35.4 Å². The first-order valence-electron chi connectivity index (χ1n) is 10.8. The lowest BCUT2D eigenvalue weighted by Gasteiger charge is -2.40. The number of hydrogen-bond acceptors (Lipinski definition) is 5. The summed E-state index contributed by atoms with van der Waals surface area (Å²) in [6, 6.07) is 12.0. The van der Waals surface area contributed by atoms with E-state index in [-0.39, 0.29) is 30.7 Å². The van der Waals surface area contributed by atoms with Crippen LogP contribution < -0.4 is 0 Å². The highest BCUT2D eigenvalue weighted by atomic mass is 32.2. The molecule has 32 heavy (non-hydrogen) atoms. The van der Waals surface area contributed by atoms with Gasteiger partial charge in [0.25, 0.3) is 5.91 Å². The zero-order valence-corrected chi connectivity index (χ0v) is 18.6. The number of carbonyl (C=O) groups excluding carboxylic acids is 2. The number of piperidine rings is 1. The minimum absolute atomic E-state index is 0.124. The van der Waals surface area contributed by atoms with Gasteiger partial charge in [0.15, 0.2) is 5.76 Å². The second kappa shape index (κ2) is 9.70. The minimum Gasteiger partial charge on any atom is -0.459 e. The zero-order chi connectivity index (χ0) is 22.6. The molecule has 0 saturated carbocycles. The second-order valence-corrected chi connectivity index (χ2v) is 9.79. The van der Waals surface area contributed by atoms with Gasteiger partial charge in [-0.05, 0) is 43.0 Å². The molecule has 1 aromatic carbocycles. The van der Waals surface area contributed by atoms with Gasteiger partial charge in [0.1, 0.15) is 6.04 Å². The molecule has 0 spiro atoms. The summed E-state index contributed by atoms with van der Waals surface area (Å²) in [6.45, 7) is 1.57. The van der Waals surface area contributed by atoms with Crippen LogP contribution in [0.3, 0.4) is 0 Å². The number of hydrogen-bond donors (Lipinski definition) is 0. The number of benzene rings is 1. The van der Waals surface area contributed by atoms with E-state index in [1.54, 1.807) is 28.0 Å². The first-order valence-corrected chi connectivity index (χ1v) is 12.3. The molecule has 0 N–H and O–H groups in total.